The standard InChI is InChI=1S/C14H20BrFN2O/c1-5-18(6-2)14(19)10(4)17-13-8-11(15)12(16)7-9(13)3/h7-8,10,17H,5-6H2,1-4H3. The minimum absolute atomic E-state index is 0.0462. The number of amides is 1. The molecule has 0 aliphatic heterocycles. The Hall–Kier alpha value is -1.10. The first-order valence-corrected chi connectivity index (χ1v) is 7.20. The average molecular weight is 331 g/mol. The van der Waals surface area contributed by atoms with Gasteiger partial charge in [0.25, 0.3) is 0 Å². The Morgan fingerprint density at radius 3 is 2.53 bits per heavy atom. The van der Waals surface area contributed by atoms with Gasteiger partial charge in [-0.1, -0.05) is 0 Å². The normalized spacial score (nSPS) is 12.1. The molecule has 1 N–H and O–H groups in total. The number of anilines is 1. The van der Waals surface area contributed by atoms with E-state index in [4.69, 9.17) is 0 Å². The lowest BCUT2D eigenvalue weighted by molar-refractivity contribution is -0.131. The van der Waals surface area contributed by atoms with Gasteiger partial charge in [-0.05, 0) is 61.3 Å². The molecule has 0 saturated carbocycles. The van der Waals surface area contributed by atoms with E-state index in [1.165, 1.54) is 6.07 Å². The van der Waals surface area contributed by atoms with Gasteiger partial charge in [0.2, 0.25) is 5.91 Å². The van der Waals surface area contributed by atoms with Crippen LogP contribution in [0.15, 0.2) is 16.6 Å². The van der Waals surface area contributed by atoms with E-state index >= 15 is 0 Å². The van der Waals surface area contributed by atoms with Crippen LogP contribution in [0.5, 0.6) is 0 Å². The number of hydrogen-bond donors (Lipinski definition) is 1. The average Bonchev–Trinajstić information content (AvgIpc) is 2.37. The zero-order chi connectivity index (χ0) is 14.6. The van der Waals surface area contributed by atoms with Gasteiger partial charge in [0.15, 0.2) is 0 Å². The quantitative estimate of drug-likeness (QED) is 0.895. The summed E-state index contributed by atoms with van der Waals surface area (Å²) in [5, 5.41) is 3.14. The fraction of sp³-hybridized carbons (Fsp3) is 0.500. The smallest absolute Gasteiger partial charge is 0.244 e. The van der Waals surface area contributed by atoms with Crippen LogP contribution >= 0.6 is 15.9 Å². The maximum absolute atomic E-state index is 13.3. The van der Waals surface area contributed by atoms with E-state index in [0.29, 0.717) is 17.6 Å². The van der Waals surface area contributed by atoms with Crippen molar-refractivity contribution in [2.24, 2.45) is 0 Å². The number of nitrogens with one attached hydrogen (secondary N) is 1. The summed E-state index contributed by atoms with van der Waals surface area (Å²) in [6.07, 6.45) is 0. The molecule has 1 rings (SSSR count). The second kappa shape index (κ2) is 6.89. The summed E-state index contributed by atoms with van der Waals surface area (Å²) in [4.78, 5) is 13.9. The third-order valence-electron chi connectivity index (χ3n) is 3.08. The number of likely N-dealkylation sites (N-methyl/N-ethyl adjacent to an activating group) is 1. The van der Waals surface area contributed by atoms with Crippen molar-refractivity contribution in [1.82, 2.24) is 4.90 Å². The van der Waals surface area contributed by atoms with Gasteiger partial charge in [-0.2, -0.15) is 0 Å². The van der Waals surface area contributed by atoms with Crippen LogP contribution in [0.25, 0.3) is 0 Å². The molecular formula is C14H20BrFN2O. The highest BCUT2D eigenvalue weighted by Crippen LogP contribution is 2.24. The third kappa shape index (κ3) is 3.93. The van der Waals surface area contributed by atoms with E-state index in [2.05, 4.69) is 21.2 Å². The van der Waals surface area contributed by atoms with E-state index < -0.39 is 0 Å². The van der Waals surface area contributed by atoms with E-state index in [1.54, 1.807) is 11.0 Å². The van der Waals surface area contributed by atoms with E-state index in [9.17, 15) is 9.18 Å². The van der Waals surface area contributed by atoms with E-state index in [-0.39, 0.29) is 17.8 Å². The summed E-state index contributed by atoms with van der Waals surface area (Å²) in [5.74, 6) is -0.254. The van der Waals surface area contributed by atoms with Crippen molar-refractivity contribution >= 4 is 27.5 Å². The van der Waals surface area contributed by atoms with Gasteiger partial charge in [-0.25, -0.2) is 4.39 Å². The lowest BCUT2D eigenvalue weighted by Crippen LogP contribution is -2.41. The lowest BCUT2D eigenvalue weighted by Gasteiger charge is -2.24. The minimum Gasteiger partial charge on any atom is -0.374 e. The number of nitrogens with zero attached hydrogens (tertiary/aromatic N) is 1. The van der Waals surface area contributed by atoms with Gasteiger partial charge < -0.3 is 10.2 Å². The molecule has 1 aromatic rings. The van der Waals surface area contributed by atoms with Crippen LogP contribution in [0, 0.1) is 12.7 Å². The molecule has 0 heterocycles. The Bertz CT molecular complexity index is 461. The SMILES string of the molecule is CCN(CC)C(=O)C(C)Nc1cc(Br)c(F)cc1C. The number of aryl methyl sites for hydroxylation is 1. The highest BCUT2D eigenvalue weighted by atomic mass is 79.9. The minimum atomic E-state index is -0.337. The molecule has 5 heteroatoms. The van der Waals surface area contributed by atoms with Crippen LogP contribution in [0.3, 0.4) is 0 Å². The first-order valence-electron chi connectivity index (χ1n) is 6.41. The first-order chi connectivity index (χ1) is 8.90. The van der Waals surface area contributed by atoms with E-state index in [0.717, 1.165) is 11.3 Å². The Kier molecular flexibility index (Phi) is 5.79. The highest BCUT2D eigenvalue weighted by Gasteiger charge is 2.18. The number of carbonyl (C=O) groups excluding carboxylic acids is 1. The third-order valence-corrected chi connectivity index (χ3v) is 3.69. The van der Waals surface area contributed by atoms with Gasteiger partial charge in [-0.15, -0.1) is 0 Å². The molecule has 3 nitrogen and oxygen atoms in total. The summed E-state index contributed by atoms with van der Waals surface area (Å²) in [6, 6.07) is 2.77. The molecule has 0 aliphatic rings. The van der Waals surface area contributed by atoms with Gasteiger partial charge in [0, 0.05) is 18.8 Å². The molecule has 0 radical (unpaired) electrons. The van der Waals surface area contributed by atoms with Crippen molar-refractivity contribution in [3.05, 3.63) is 28.0 Å². The molecule has 0 aliphatic carbocycles. The Morgan fingerprint density at radius 1 is 1.42 bits per heavy atom. The molecule has 106 valence electrons. The van der Waals surface area contributed by atoms with Crippen LogP contribution in [-0.4, -0.2) is 29.9 Å². The molecule has 0 saturated heterocycles. The zero-order valence-electron chi connectivity index (χ0n) is 11.8. The fourth-order valence-electron chi connectivity index (χ4n) is 1.91. The molecular weight excluding hydrogens is 311 g/mol. The topological polar surface area (TPSA) is 32.3 Å². The Morgan fingerprint density at radius 2 is 2.00 bits per heavy atom. The summed E-state index contributed by atoms with van der Waals surface area (Å²) in [7, 11) is 0. The van der Waals surface area contributed by atoms with Crippen LogP contribution in [0.2, 0.25) is 0 Å². The first kappa shape index (κ1) is 16.0. The van der Waals surface area contributed by atoms with Crippen molar-refractivity contribution in [3.8, 4) is 0 Å². The zero-order valence-corrected chi connectivity index (χ0v) is 13.3. The summed E-state index contributed by atoms with van der Waals surface area (Å²) < 4.78 is 13.7. The van der Waals surface area contributed by atoms with Gasteiger partial charge >= 0.3 is 0 Å². The molecule has 1 atom stereocenters. The molecule has 1 aromatic carbocycles. The van der Waals surface area contributed by atoms with Crippen molar-refractivity contribution in [2.45, 2.75) is 33.7 Å². The molecule has 1 unspecified atom stereocenters. The van der Waals surface area contributed by atoms with E-state index in [1.807, 2.05) is 27.7 Å². The van der Waals surface area contributed by atoms with Crippen molar-refractivity contribution in [1.29, 1.82) is 0 Å². The van der Waals surface area contributed by atoms with Gasteiger partial charge in [0.1, 0.15) is 11.9 Å². The molecule has 0 spiro atoms. The number of hydrogen-bond acceptors (Lipinski definition) is 2. The van der Waals surface area contributed by atoms with Crippen LogP contribution in [0.1, 0.15) is 26.3 Å². The summed E-state index contributed by atoms with van der Waals surface area (Å²) in [5.41, 5.74) is 1.54. The predicted octanol–water partition coefficient (Wildman–Crippen LogP) is 3.57. The molecule has 0 fully saturated rings. The number of carbonyl (C=O) groups is 1. The second-order valence-corrected chi connectivity index (χ2v) is 5.31. The lowest BCUT2D eigenvalue weighted by atomic mass is 10.1. The number of halogens is 2. The van der Waals surface area contributed by atoms with Gasteiger partial charge in [0.05, 0.1) is 4.47 Å². The maximum atomic E-state index is 13.3. The Balaban J connectivity index is 2.85. The fourth-order valence-corrected chi connectivity index (χ4v) is 2.25. The Labute approximate surface area is 122 Å². The molecule has 1 amide bonds. The number of rotatable bonds is 5. The van der Waals surface area contributed by atoms with Crippen LogP contribution in [0.4, 0.5) is 10.1 Å². The molecule has 19 heavy (non-hydrogen) atoms. The van der Waals surface area contributed by atoms with Crippen LogP contribution < -0.4 is 5.32 Å². The summed E-state index contributed by atoms with van der Waals surface area (Å²) in [6.45, 7) is 8.91. The van der Waals surface area contributed by atoms with Crippen molar-refractivity contribution in [3.63, 3.8) is 0 Å². The second-order valence-electron chi connectivity index (χ2n) is 4.46. The monoisotopic (exact) mass is 330 g/mol. The van der Waals surface area contributed by atoms with Crippen molar-refractivity contribution in [2.75, 3.05) is 18.4 Å². The molecule has 0 aromatic heterocycles. The predicted molar refractivity (Wildman–Crippen MR) is 79.8 cm³/mol. The largest absolute Gasteiger partial charge is 0.374 e. The van der Waals surface area contributed by atoms with Crippen LogP contribution in [-0.2, 0) is 4.79 Å². The van der Waals surface area contributed by atoms with Crippen molar-refractivity contribution < 1.29 is 9.18 Å². The maximum Gasteiger partial charge on any atom is 0.244 e. The number of benzene rings is 1. The highest BCUT2D eigenvalue weighted by molar-refractivity contribution is 9.10. The molecule has 0 bridgehead atoms. The van der Waals surface area contributed by atoms with Gasteiger partial charge in [-0.3, -0.25) is 4.79 Å². The summed E-state index contributed by atoms with van der Waals surface area (Å²) >= 11 is 3.15.